The highest BCUT2D eigenvalue weighted by molar-refractivity contribution is 5.87. The highest BCUT2D eigenvalue weighted by Crippen LogP contribution is 2.10. The molecule has 0 saturated heterocycles. The second kappa shape index (κ2) is 13.3. The number of anilines is 1. The molecule has 0 aliphatic rings. The van der Waals surface area contributed by atoms with Gasteiger partial charge in [-0.25, -0.2) is 4.79 Å². The molecule has 0 spiro atoms. The molecule has 0 aromatic carbocycles. The number of carboxylic acid groups (broad SMARTS) is 1. The first-order valence-electron chi connectivity index (χ1n) is 8.73. The average molecular weight is 336 g/mol. The second-order valence-corrected chi connectivity index (χ2v) is 5.82. The summed E-state index contributed by atoms with van der Waals surface area (Å²) in [6.07, 6.45) is 11.6. The van der Waals surface area contributed by atoms with Gasteiger partial charge in [0.05, 0.1) is 0 Å². The number of hydrogen-bond acceptors (Lipinski definition) is 4. The number of rotatable bonds is 13. The van der Waals surface area contributed by atoms with Gasteiger partial charge < -0.3 is 10.4 Å². The van der Waals surface area contributed by atoms with Crippen molar-refractivity contribution in [1.82, 2.24) is 15.5 Å². The van der Waals surface area contributed by atoms with Gasteiger partial charge in [-0.15, -0.1) is 5.10 Å². The van der Waals surface area contributed by atoms with Gasteiger partial charge in [0.2, 0.25) is 0 Å². The van der Waals surface area contributed by atoms with Gasteiger partial charge >= 0.3 is 12.0 Å². The Morgan fingerprint density at radius 1 is 0.958 bits per heavy atom. The Labute approximate surface area is 143 Å². The van der Waals surface area contributed by atoms with Gasteiger partial charge in [0, 0.05) is 19.2 Å². The maximum absolute atomic E-state index is 11.6. The standard InChI is InChI=1S/C17H28N4O3/c22-16(23)12-8-6-4-2-1-3-5-7-9-13-18-17(24)20-15-11-10-14-19-21-15/h10-11,14H,1-9,12-13H2,(H,22,23)(H2,18,20,21,24). The van der Waals surface area contributed by atoms with Crippen molar-refractivity contribution >= 4 is 17.8 Å². The number of hydrogen-bond donors (Lipinski definition) is 3. The summed E-state index contributed by atoms with van der Waals surface area (Å²) in [4.78, 5) is 21.9. The summed E-state index contributed by atoms with van der Waals surface area (Å²) in [6, 6.07) is 3.15. The van der Waals surface area contributed by atoms with E-state index in [0.717, 1.165) is 32.1 Å². The van der Waals surface area contributed by atoms with Crippen molar-refractivity contribution in [1.29, 1.82) is 0 Å². The summed E-state index contributed by atoms with van der Waals surface area (Å²) in [5, 5.41) is 21.4. The fourth-order valence-electron chi connectivity index (χ4n) is 2.37. The van der Waals surface area contributed by atoms with Gasteiger partial charge in [0.25, 0.3) is 0 Å². The van der Waals surface area contributed by atoms with Crippen LogP contribution in [0, 0.1) is 0 Å². The van der Waals surface area contributed by atoms with Crippen LogP contribution in [0.5, 0.6) is 0 Å². The Bertz CT molecular complexity index is 468. The quantitative estimate of drug-likeness (QED) is 0.478. The van der Waals surface area contributed by atoms with Crippen LogP contribution in [0.1, 0.15) is 64.2 Å². The number of urea groups is 1. The van der Waals surface area contributed by atoms with E-state index in [2.05, 4.69) is 20.8 Å². The molecule has 2 amide bonds. The Hall–Kier alpha value is -2.18. The molecule has 7 nitrogen and oxygen atoms in total. The number of unbranched alkanes of at least 4 members (excludes halogenated alkanes) is 8. The zero-order valence-corrected chi connectivity index (χ0v) is 14.2. The van der Waals surface area contributed by atoms with E-state index in [1.54, 1.807) is 18.3 Å². The van der Waals surface area contributed by atoms with Crippen molar-refractivity contribution in [2.24, 2.45) is 0 Å². The third-order valence-electron chi connectivity index (χ3n) is 3.67. The molecule has 24 heavy (non-hydrogen) atoms. The Kier molecular flexibility index (Phi) is 11.0. The molecule has 1 rings (SSSR count). The highest BCUT2D eigenvalue weighted by atomic mass is 16.4. The smallest absolute Gasteiger partial charge is 0.320 e. The predicted molar refractivity (Wildman–Crippen MR) is 92.9 cm³/mol. The molecule has 0 fully saturated rings. The summed E-state index contributed by atoms with van der Waals surface area (Å²) >= 11 is 0. The molecule has 0 bridgehead atoms. The summed E-state index contributed by atoms with van der Waals surface area (Å²) in [5.74, 6) is -0.257. The normalized spacial score (nSPS) is 10.3. The van der Waals surface area contributed by atoms with Crippen LogP contribution in [0.3, 0.4) is 0 Å². The minimum absolute atomic E-state index is 0.253. The molecule has 0 aliphatic heterocycles. The second-order valence-electron chi connectivity index (χ2n) is 5.82. The fraction of sp³-hybridized carbons (Fsp3) is 0.647. The number of aromatic nitrogens is 2. The fourth-order valence-corrected chi connectivity index (χ4v) is 2.37. The number of nitrogens with zero attached hydrogens (tertiary/aromatic N) is 2. The van der Waals surface area contributed by atoms with Crippen molar-refractivity contribution in [2.45, 2.75) is 64.2 Å². The number of carbonyl (C=O) groups is 2. The third-order valence-corrected chi connectivity index (χ3v) is 3.67. The van der Waals surface area contributed by atoms with Crippen molar-refractivity contribution in [3.8, 4) is 0 Å². The number of amides is 2. The topological polar surface area (TPSA) is 104 Å². The summed E-state index contributed by atoms with van der Waals surface area (Å²) in [6.45, 7) is 0.654. The van der Waals surface area contributed by atoms with Crippen LogP contribution in [0.4, 0.5) is 10.6 Å². The first kappa shape index (κ1) is 19.9. The first-order valence-corrected chi connectivity index (χ1v) is 8.73. The molecule has 3 N–H and O–H groups in total. The molecule has 7 heteroatoms. The molecule has 134 valence electrons. The van der Waals surface area contributed by atoms with Gasteiger partial charge in [-0.1, -0.05) is 44.9 Å². The maximum Gasteiger partial charge on any atom is 0.320 e. The minimum atomic E-state index is -0.700. The van der Waals surface area contributed by atoms with Crippen LogP contribution >= 0.6 is 0 Å². The van der Waals surface area contributed by atoms with Crippen molar-refractivity contribution in [3.63, 3.8) is 0 Å². The Morgan fingerprint density at radius 2 is 1.58 bits per heavy atom. The average Bonchev–Trinajstić information content (AvgIpc) is 2.56. The zero-order valence-electron chi connectivity index (χ0n) is 14.2. The lowest BCUT2D eigenvalue weighted by atomic mass is 10.1. The first-order chi connectivity index (χ1) is 11.7. The third kappa shape index (κ3) is 11.4. The van der Waals surface area contributed by atoms with Crippen LogP contribution in [0.15, 0.2) is 18.3 Å². The molecule has 0 aliphatic carbocycles. The van der Waals surface area contributed by atoms with E-state index in [1.165, 1.54) is 25.7 Å². The Morgan fingerprint density at radius 3 is 2.17 bits per heavy atom. The summed E-state index contributed by atoms with van der Waals surface area (Å²) < 4.78 is 0. The van der Waals surface area contributed by atoms with E-state index in [0.29, 0.717) is 12.4 Å². The van der Waals surface area contributed by atoms with Gasteiger partial charge in [-0.3, -0.25) is 10.1 Å². The molecule has 0 atom stereocenters. The molecular weight excluding hydrogens is 308 g/mol. The monoisotopic (exact) mass is 336 g/mol. The van der Waals surface area contributed by atoms with Gasteiger partial charge in [0.15, 0.2) is 5.82 Å². The van der Waals surface area contributed by atoms with Crippen LogP contribution in [-0.4, -0.2) is 33.8 Å². The SMILES string of the molecule is O=C(O)CCCCCCCCCCCNC(=O)Nc1cccnn1. The molecule has 0 radical (unpaired) electrons. The molecular formula is C17H28N4O3. The summed E-state index contributed by atoms with van der Waals surface area (Å²) in [7, 11) is 0. The largest absolute Gasteiger partial charge is 0.481 e. The summed E-state index contributed by atoms with van der Waals surface area (Å²) in [5.41, 5.74) is 0. The highest BCUT2D eigenvalue weighted by Gasteiger charge is 2.01. The van der Waals surface area contributed by atoms with Gasteiger partial charge in [-0.2, -0.15) is 5.10 Å². The lowest BCUT2D eigenvalue weighted by molar-refractivity contribution is -0.137. The van der Waals surface area contributed by atoms with E-state index in [-0.39, 0.29) is 12.5 Å². The number of aliphatic carboxylic acids is 1. The zero-order chi connectivity index (χ0) is 17.5. The lowest BCUT2D eigenvalue weighted by Gasteiger charge is -2.06. The van der Waals surface area contributed by atoms with E-state index < -0.39 is 5.97 Å². The molecule has 0 saturated carbocycles. The minimum Gasteiger partial charge on any atom is -0.481 e. The van der Waals surface area contributed by atoms with Crippen LogP contribution in [0.25, 0.3) is 0 Å². The van der Waals surface area contributed by atoms with Crippen molar-refractivity contribution in [2.75, 3.05) is 11.9 Å². The van der Waals surface area contributed by atoms with Crippen LogP contribution < -0.4 is 10.6 Å². The molecule has 1 heterocycles. The molecule has 1 aromatic heterocycles. The lowest BCUT2D eigenvalue weighted by Crippen LogP contribution is -2.29. The molecule has 1 aromatic rings. The molecule has 0 unspecified atom stereocenters. The van der Waals surface area contributed by atoms with E-state index in [1.807, 2.05) is 0 Å². The Balaban J connectivity index is 1.83. The van der Waals surface area contributed by atoms with E-state index in [4.69, 9.17) is 5.11 Å². The maximum atomic E-state index is 11.6. The number of nitrogens with one attached hydrogen (secondary N) is 2. The van der Waals surface area contributed by atoms with Crippen LogP contribution in [-0.2, 0) is 4.79 Å². The van der Waals surface area contributed by atoms with Crippen LogP contribution in [0.2, 0.25) is 0 Å². The van der Waals surface area contributed by atoms with Gasteiger partial charge in [-0.05, 0) is 25.0 Å². The van der Waals surface area contributed by atoms with Crippen molar-refractivity contribution in [3.05, 3.63) is 18.3 Å². The number of carbonyl (C=O) groups excluding carboxylic acids is 1. The van der Waals surface area contributed by atoms with E-state index >= 15 is 0 Å². The van der Waals surface area contributed by atoms with E-state index in [9.17, 15) is 9.59 Å². The van der Waals surface area contributed by atoms with Gasteiger partial charge in [0.1, 0.15) is 0 Å². The predicted octanol–water partition coefficient (Wildman–Crippen LogP) is 3.58. The van der Waals surface area contributed by atoms with Crippen molar-refractivity contribution < 1.29 is 14.7 Å². The number of carboxylic acids is 1.